The number of aromatic nitrogens is 2. The predicted octanol–water partition coefficient (Wildman–Crippen LogP) is 2.38. The molecule has 0 aliphatic carbocycles. The summed E-state index contributed by atoms with van der Waals surface area (Å²) in [6.07, 6.45) is 0. The van der Waals surface area contributed by atoms with Gasteiger partial charge in [0.05, 0.1) is 5.69 Å². The van der Waals surface area contributed by atoms with Gasteiger partial charge in [0.2, 0.25) is 0 Å². The Kier molecular flexibility index (Phi) is 3.77. The van der Waals surface area contributed by atoms with Crippen molar-refractivity contribution in [2.45, 2.75) is 20.4 Å². The quantitative estimate of drug-likeness (QED) is 0.896. The van der Waals surface area contributed by atoms with Crippen LogP contribution in [0.5, 0.6) is 0 Å². The Balaban J connectivity index is 2.12. The van der Waals surface area contributed by atoms with Gasteiger partial charge in [0.1, 0.15) is 5.69 Å². The largest absolute Gasteiger partial charge is 0.333 e. The van der Waals surface area contributed by atoms with Crippen LogP contribution in [0.4, 0.5) is 0 Å². The molecule has 1 aromatic carbocycles. The zero-order valence-electron chi connectivity index (χ0n) is 10.7. The Labute approximate surface area is 107 Å². The summed E-state index contributed by atoms with van der Waals surface area (Å²) in [5.41, 5.74) is 2.50. The Bertz CT molecular complexity index is 519. The number of nitrogens with one attached hydrogen (secondary N) is 1. The van der Waals surface area contributed by atoms with E-state index >= 15 is 0 Å². The number of H-pyrrole nitrogens is 1. The molecule has 94 valence electrons. The van der Waals surface area contributed by atoms with Gasteiger partial charge < -0.3 is 4.90 Å². The van der Waals surface area contributed by atoms with Gasteiger partial charge in [-0.25, -0.2) is 0 Å². The molecule has 0 aliphatic heterocycles. The second-order valence-electron chi connectivity index (χ2n) is 4.23. The molecule has 1 N–H and O–H groups in total. The van der Waals surface area contributed by atoms with Crippen molar-refractivity contribution in [2.75, 3.05) is 6.54 Å². The number of aryl methyl sites for hydroxylation is 1. The van der Waals surface area contributed by atoms with Crippen molar-refractivity contribution in [3.8, 4) is 0 Å². The van der Waals surface area contributed by atoms with E-state index in [-0.39, 0.29) is 5.91 Å². The zero-order valence-corrected chi connectivity index (χ0v) is 10.7. The molecule has 18 heavy (non-hydrogen) atoms. The fourth-order valence-electron chi connectivity index (χ4n) is 1.83. The lowest BCUT2D eigenvalue weighted by Crippen LogP contribution is -2.30. The molecule has 0 atom stereocenters. The number of hydrogen-bond donors (Lipinski definition) is 1. The summed E-state index contributed by atoms with van der Waals surface area (Å²) in [5, 5.41) is 6.75. The van der Waals surface area contributed by atoms with Crippen molar-refractivity contribution in [3.05, 3.63) is 53.3 Å². The van der Waals surface area contributed by atoms with Crippen LogP contribution in [0, 0.1) is 6.92 Å². The molecule has 0 unspecified atom stereocenters. The zero-order chi connectivity index (χ0) is 13.0. The SMILES string of the molecule is CCN(Cc1ccccc1)C(=O)c1cc(C)n[nH]1. The lowest BCUT2D eigenvalue weighted by molar-refractivity contribution is 0.0746. The van der Waals surface area contributed by atoms with Crippen molar-refractivity contribution in [1.29, 1.82) is 0 Å². The number of carbonyl (C=O) groups excluding carboxylic acids is 1. The predicted molar refractivity (Wildman–Crippen MR) is 70.2 cm³/mol. The molecular weight excluding hydrogens is 226 g/mol. The van der Waals surface area contributed by atoms with E-state index < -0.39 is 0 Å². The fraction of sp³-hybridized carbons (Fsp3) is 0.286. The second-order valence-corrected chi connectivity index (χ2v) is 4.23. The van der Waals surface area contributed by atoms with E-state index in [2.05, 4.69) is 10.2 Å². The summed E-state index contributed by atoms with van der Waals surface area (Å²) in [7, 11) is 0. The first-order valence-corrected chi connectivity index (χ1v) is 6.06. The Morgan fingerprint density at radius 3 is 2.61 bits per heavy atom. The monoisotopic (exact) mass is 243 g/mol. The molecular formula is C14H17N3O. The minimum atomic E-state index is -0.0121. The van der Waals surface area contributed by atoms with Crippen LogP contribution >= 0.6 is 0 Å². The molecule has 1 amide bonds. The average Bonchev–Trinajstić information content (AvgIpc) is 2.83. The molecule has 0 spiro atoms. The smallest absolute Gasteiger partial charge is 0.272 e. The van der Waals surface area contributed by atoms with Crippen LogP contribution in [-0.2, 0) is 6.54 Å². The number of amides is 1. The van der Waals surface area contributed by atoms with Gasteiger partial charge in [-0.3, -0.25) is 9.89 Å². The molecule has 0 saturated heterocycles. The topological polar surface area (TPSA) is 49.0 Å². The molecule has 1 aromatic heterocycles. The van der Waals surface area contributed by atoms with Crippen LogP contribution in [0.1, 0.15) is 28.7 Å². The maximum atomic E-state index is 12.2. The minimum absolute atomic E-state index is 0.0121. The third kappa shape index (κ3) is 2.77. The van der Waals surface area contributed by atoms with Gasteiger partial charge in [-0.15, -0.1) is 0 Å². The van der Waals surface area contributed by atoms with Crippen LogP contribution in [0.25, 0.3) is 0 Å². The first-order valence-electron chi connectivity index (χ1n) is 6.06. The molecule has 4 nitrogen and oxygen atoms in total. The van der Waals surface area contributed by atoms with E-state index in [4.69, 9.17) is 0 Å². The fourth-order valence-corrected chi connectivity index (χ4v) is 1.83. The lowest BCUT2D eigenvalue weighted by Gasteiger charge is -2.20. The first kappa shape index (κ1) is 12.4. The summed E-state index contributed by atoms with van der Waals surface area (Å²) >= 11 is 0. The normalized spacial score (nSPS) is 10.3. The highest BCUT2D eigenvalue weighted by Crippen LogP contribution is 2.09. The third-order valence-corrected chi connectivity index (χ3v) is 2.82. The van der Waals surface area contributed by atoms with Crippen molar-refractivity contribution in [2.24, 2.45) is 0 Å². The van der Waals surface area contributed by atoms with Crippen LogP contribution in [0.3, 0.4) is 0 Å². The number of nitrogens with zero attached hydrogens (tertiary/aromatic N) is 2. The standard InChI is InChI=1S/C14H17N3O/c1-3-17(10-12-7-5-4-6-8-12)14(18)13-9-11(2)15-16-13/h4-9H,3,10H2,1-2H3,(H,15,16). The van der Waals surface area contributed by atoms with Gasteiger partial charge in [-0.05, 0) is 25.5 Å². The van der Waals surface area contributed by atoms with E-state index in [1.807, 2.05) is 44.2 Å². The van der Waals surface area contributed by atoms with E-state index in [9.17, 15) is 4.79 Å². The van der Waals surface area contributed by atoms with Gasteiger partial charge >= 0.3 is 0 Å². The Morgan fingerprint density at radius 1 is 1.33 bits per heavy atom. The lowest BCUT2D eigenvalue weighted by atomic mass is 10.2. The van der Waals surface area contributed by atoms with Crippen molar-refractivity contribution in [1.82, 2.24) is 15.1 Å². The van der Waals surface area contributed by atoms with Gasteiger partial charge in [0.15, 0.2) is 0 Å². The van der Waals surface area contributed by atoms with Crippen LogP contribution in [0.2, 0.25) is 0 Å². The van der Waals surface area contributed by atoms with Crippen molar-refractivity contribution in [3.63, 3.8) is 0 Å². The van der Waals surface area contributed by atoms with E-state index in [1.165, 1.54) is 0 Å². The number of hydrogen-bond acceptors (Lipinski definition) is 2. The van der Waals surface area contributed by atoms with E-state index in [0.29, 0.717) is 18.8 Å². The van der Waals surface area contributed by atoms with Gasteiger partial charge in [-0.1, -0.05) is 30.3 Å². The highest BCUT2D eigenvalue weighted by molar-refractivity contribution is 5.92. The second kappa shape index (κ2) is 5.49. The molecule has 1 heterocycles. The molecule has 0 saturated carbocycles. The number of benzene rings is 1. The summed E-state index contributed by atoms with van der Waals surface area (Å²) in [6.45, 7) is 5.13. The molecule has 0 bridgehead atoms. The Hall–Kier alpha value is -2.10. The maximum Gasteiger partial charge on any atom is 0.272 e. The average molecular weight is 243 g/mol. The van der Waals surface area contributed by atoms with Crippen molar-refractivity contribution < 1.29 is 4.79 Å². The highest BCUT2D eigenvalue weighted by atomic mass is 16.2. The van der Waals surface area contributed by atoms with Gasteiger partial charge in [0, 0.05) is 13.1 Å². The number of rotatable bonds is 4. The molecule has 0 radical (unpaired) electrons. The van der Waals surface area contributed by atoms with Crippen molar-refractivity contribution >= 4 is 5.91 Å². The summed E-state index contributed by atoms with van der Waals surface area (Å²) in [4.78, 5) is 14.0. The molecule has 2 rings (SSSR count). The maximum absolute atomic E-state index is 12.2. The van der Waals surface area contributed by atoms with Crippen LogP contribution < -0.4 is 0 Å². The minimum Gasteiger partial charge on any atom is -0.333 e. The first-order chi connectivity index (χ1) is 8.70. The summed E-state index contributed by atoms with van der Waals surface area (Å²) < 4.78 is 0. The van der Waals surface area contributed by atoms with E-state index in [0.717, 1.165) is 11.3 Å². The molecule has 0 aliphatic rings. The number of carbonyl (C=O) groups is 1. The molecule has 0 fully saturated rings. The van der Waals surface area contributed by atoms with Gasteiger partial charge in [-0.2, -0.15) is 5.10 Å². The van der Waals surface area contributed by atoms with Gasteiger partial charge in [0.25, 0.3) is 5.91 Å². The third-order valence-electron chi connectivity index (χ3n) is 2.82. The van der Waals surface area contributed by atoms with E-state index in [1.54, 1.807) is 11.0 Å². The van der Waals surface area contributed by atoms with Crippen LogP contribution in [-0.4, -0.2) is 27.5 Å². The molecule has 4 heteroatoms. The Morgan fingerprint density at radius 2 is 2.06 bits per heavy atom. The summed E-state index contributed by atoms with van der Waals surface area (Å²) in [5.74, 6) is -0.0121. The van der Waals surface area contributed by atoms with Crippen LogP contribution in [0.15, 0.2) is 36.4 Å². The molecule has 2 aromatic rings. The highest BCUT2D eigenvalue weighted by Gasteiger charge is 2.16. The summed E-state index contributed by atoms with van der Waals surface area (Å²) in [6, 6.07) is 11.8. The number of aromatic amines is 1.